The Labute approximate surface area is 89.3 Å². The van der Waals surface area contributed by atoms with E-state index in [-0.39, 0.29) is 0 Å². The lowest BCUT2D eigenvalue weighted by atomic mass is 10.1. The quantitative estimate of drug-likeness (QED) is 0.751. The molecule has 1 unspecified atom stereocenters. The van der Waals surface area contributed by atoms with Crippen molar-refractivity contribution in [3.05, 3.63) is 35.4 Å². The van der Waals surface area contributed by atoms with E-state index in [0.29, 0.717) is 6.42 Å². The smallest absolute Gasteiger partial charge is 0.212 e. The van der Waals surface area contributed by atoms with Gasteiger partial charge in [-0.3, -0.25) is 0 Å². The fourth-order valence-electron chi connectivity index (χ4n) is 1.38. The van der Waals surface area contributed by atoms with Crippen LogP contribution in [0.25, 0.3) is 0 Å². The fourth-order valence-corrected chi connectivity index (χ4v) is 2.95. The molecule has 78 valence electrons. The van der Waals surface area contributed by atoms with Crippen LogP contribution in [0.15, 0.2) is 24.3 Å². The minimum atomic E-state index is -3.51. The molecule has 14 heavy (non-hydrogen) atoms. The standard InChI is InChI=1S/C10H13ClO2S/c1-3-10(14(11,12)13)9-6-4-8(2)5-7-9/h4-7,10H,3H2,1-2H3. The molecule has 0 aromatic heterocycles. The first-order valence-corrected chi connectivity index (χ1v) is 6.82. The first kappa shape index (κ1) is 11.5. The highest BCUT2D eigenvalue weighted by atomic mass is 35.7. The third-order valence-corrected chi connectivity index (χ3v) is 4.09. The molecule has 1 aromatic rings. The molecule has 0 saturated carbocycles. The second-order valence-electron chi connectivity index (χ2n) is 3.28. The van der Waals surface area contributed by atoms with Gasteiger partial charge in [0.05, 0.1) is 0 Å². The molecular weight excluding hydrogens is 220 g/mol. The maximum atomic E-state index is 11.2. The van der Waals surface area contributed by atoms with Crippen LogP contribution in [-0.4, -0.2) is 8.42 Å². The second-order valence-corrected chi connectivity index (χ2v) is 6.09. The van der Waals surface area contributed by atoms with Crippen LogP contribution in [0.1, 0.15) is 29.7 Å². The van der Waals surface area contributed by atoms with Crippen molar-refractivity contribution in [3.63, 3.8) is 0 Å². The summed E-state index contributed by atoms with van der Waals surface area (Å²) >= 11 is 0. The van der Waals surface area contributed by atoms with E-state index in [1.165, 1.54) is 0 Å². The molecule has 0 aliphatic carbocycles. The number of halogens is 1. The second kappa shape index (κ2) is 4.32. The Morgan fingerprint density at radius 1 is 1.29 bits per heavy atom. The van der Waals surface area contributed by atoms with Crippen LogP contribution in [0.5, 0.6) is 0 Å². The summed E-state index contributed by atoms with van der Waals surface area (Å²) < 4.78 is 22.4. The number of hydrogen-bond acceptors (Lipinski definition) is 2. The van der Waals surface area contributed by atoms with E-state index in [9.17, 15) is 8.42 Å². The predicted molar refractivity (Wildman–Crippen MR) is 59.0 cm³/mol. The van der Waals surface area contributed by atoms with Crippen LogP contribution in [0.4, 0.5) is 0 Å². The van der Waals surface area contributed by atoms with Gasteiger partial charge in [-0.05, 0) is 18.9 Å². The molecule has 0 radical (unpaired) electrons. The Morgan fingerprint density at radius 2 is 1.79 bits per heavy atom. The number of benzene rings is 1. The monoisotopic (exact) mass is 232 g/mol. The van der Waals surface area contributed by atoms with Gasteiger partial charge in [-0.2, -0.15) is 0 Å². The van der Waals surface area contributed by atoms with Crippen molar-refractivity contribution in [2.75, 3.05) is 0 Å². The summed E-state index contributed by atoms with van der Waals surface area (Å²) in [7, 11) is 1.84. The zero-order valence-electron chi connectivity index (χ0n) is 8.20. The molecule has 0 N–H and O–H groups in total. The van der Waals surface area contributed by atoms with E-state index < -0.39 is 14.3 Å². The Kier molecular flexibility index (Phi) is 3.56. The molecule has 1 rings (SSSR count). The zero-order chi connectivity index (χ0) is 10.8. The molecule has 0 fully saturated rings. The molecule has 0 saturated heterocycles. The summed E-state index contributed by atoms with van der Waals surface area (Å²) in [6.07, 6.45) is 0.495. The molecule has 1 aromatic carbocycles. The first-order chi connectivity index (χ1) is 6.45. The van der Waals surface area contributed by atoms with Crippen LogP contribution in [0.2, 0.25) is 0 Å². The predicted octanol–water partition coefficient (Wildman–Crippen LogP) is 3.01. The highest BCUT2D eigenvalue weighted by molar-refractivity contribution is 8.13. The Balaban J connectivity index is 3.08. The maximum absolute atomic E-state index is 11.2. The fraction of sp³-hybridized carbons (Fsp3) is 0.400. The van der Waals surface area contributed by atoms with Gasteiger partial charge < -0.3 is 0 Å². The van der Waals surface area contributed by atoms with Crippen molar-refractivity contribution in [1.29, 1.82) is 0 Å². The third-order valence-electron chi connectivity index (χ3n) is 2.16. The average molecular weight is 233 g/mol. The molecule has 2 nitrogen and oxygen atoms in total. The minimum Gasteiger partial charge on any atom is -0.212 e. The molecule has 1 atom stereocenters. The lowest BCUT2D eigenvalue weighted by molar-refractivity contribution is 0.594. The largest absolute Gasteiger partial charge is 0.239 e. The molecule has 0 aliphatic rings. The van der Waals surface area contributed by atoms with E-state index in [4.69, 9.17) is 10.7 Å². The summed E-state index contributed by atoms with van der Waals surface area (Å²) in [4.78, 5) is 0. The number of aryl methyl sites for hydroxylation is 1. The maximum Gasteiger partial charge on any atom is 0.239 e. The summed E-state index contributed by atoms with van der Waals surface area (Å²) in [5.74, 6) is 0. The van der Waals surface area contributed by atoms with E-state index in [1.807, 2.05) is 38.1 Å². The van der Waals surface area contributed by atoms with Crippen molar-refractivity contribution < 1.29 is 8.42 Å². The van der Waals surface area contributed by atoms with Gasteiger partial charge in [0.2, 0.25) is 9.05 Å². The molecule has 0 amide bonds. The molecule has 0 aliphatic heterocycles. The Morgan fingerprint density at radius 3 is 2.14 bits per heavy atom. The number of hydrogen-bond donors (Lipinski definition) is 0. The van der Waals surface area contributed by atoms with Crippen LogP contribution in [0, 0.1) is 6.92 Å². The summed E-state index contributed by atoms with van der Waals surface area (Å²) in [5, 5.41) is -0.593. The highest BCUT2D eigenvalue weighted by Crippen LogP contribution is 2.28. The molecular formula is C10H13ClO2S. The van der Waals surface area contributed by atoms with Crippen molar-refractivity contribution in [2.24, 2.45) is 0 Å². The summed E-state index contributed by atoms with van der Waals surface area (Å²) in [6.45, 7) is 3.77. The van der Waals surface area contributed by atoms with E-state index >= 15 is 0 Å². The van der Waals surface area contributed by atoms with Gasteiger partial charge in [0, 0.05) is 10.7 Å². The SMILES string of the molecule is CCC(c1ccc(C)cc1)S(=O)(=O)Cl. The first-order valence-electron chi connectivity index (χ1n) is 4.45. The molecule has 0 bridgehead atoms. The van der Waals surface area contributed by atoms with Crippen molar-refractivity contribution >= 4 is 19.7 Å². The summed E-state index contributed by atoms with van der Waals surface area (Å²) in [6, 6.07) is 7.40. The van der Waals surface area contributed by atoms with Crippen LogP contribution < -0.4 is 0 Å². The lowest BCUT2D eigenvalue weighted by Gasteiger charge is -2.11. The normalized spacial score (nSPS) is 13.9. The van der Waals surface area contributed by atoms with Crippen molar-refractivity contribution in [1.82, 2.24) is 0 Å². The molecule has 0 spiro atoms. The number of rotatable bonds is 3. The van der Waals surface area contributed by atoms with Gasteiger partial charge in [-0.25, -0.2) is 8.42 Å². The van der Waals surface area contributed by atoms with Crippen LogP contribution in [0.3, 0.4) is 0 Å². The van der Waals surface area contributed by atoms with Gasteiger partial charge in [0.15, 0.2) is 0 Å². The minimum absolute atomic E-state index is 0.495. The Bertz CT molecular complexity index is 395. The Hall–Kier alpha value is -0.540. The van der Waals surface area contributed by atoms with Crippen LogP contribution in [-0.2, 0) is 9.05 Å². The topological polar surface area (TPSA) is 34.1 Å². The molecule has 4 heteroatoms. The average Bonchev–Trinajstić information content (AvgIpc) is 2.07. The van der Waals surface area contributed by atoms with Gasteiger partial charge in [-0.15, -0.1) is 0 Å². The zero-order valence-corrected chi connectivity index (χ0v) is 9.77. The van der Waals surface area contributed by atoms with Gasteiger partial charge in [0.1, 0.15) is 5.25 Å². The van der Waals surface area contributed by atoms with Crippen molar-refractivity contribution in [3.8, 4) is 0 Å². The summed E-state index contributed by atoms with van der Waals surface area (Å²) in [5.41, 5.74) is 1.86. The van der Waals surface area contributed by atoms with Crippen LogP contribution >= 0.6 is 10.7 Å². The third kappa shape index (κ3) is 2.72. The van der Waals surface area contributed by atoms with E-state index in [1.54, 1.807) is 0 Å². The van der Waals surface area contributed by atoms with Gasteiger partial charge in [-0.1, -0.05) is 36.8 Å². The van der Waals surface area contributed by atoms with Crippen molar-refractivity contribution in [2.45, 2.75) is 25.5 Å². The highest BCUT2D eigenvalue weighted by Gasteiger charge is 2.22. The van der Waals surface area contributed by atoms with E-state index in [0.717, 1.165) is 11.1 Å². The van der Waals surface area contributed by atoms with Gasteiger partial charge in [0.25, 0.3) is 0 Å². The molecule has 0 heterocycles. The lowest BCUT2D eigenvalue weighted by Crippen LogP contribution is -2.05. The van der Waals surface area contributed by atoms with Gasteiger partial charge >= 0.3 is 0 Å². The van der Waals surface area contributed by atoms with E-state index in [2.05, 4.69) is 0 Å².